The number of benzene rings is 3. The van der Waals surface area contributed by atoms with Crippen molar-refractivity contribution in [1.29, 1.82) is 0 Å². The number of aryl methyl sites for hydroxylation is 2. The Balaban J connectivity index is 1.63. The molecule has 0 bridgehead atoms. The van der Waals surface area contributed by atoms with Crippen molar-refractivity contribution in [1.82, 2.24) is 5.32 Å². The number of hydrogen-bond donors (Lipinski definition) is 1. The zero-order valence-electron chi connectivity index (χ0n) is 17.8. The number of carbonyl (C=O) groups excluding carboxylic acids is 1. The molecule has 0 aliphatic heterocycles. The highest BCUT2D eigenvalue weighted by molar-refractivity contribution is 9.10. The summed E-state index contributed by atoms with van der Waals surface area (Å²) in [6, 6.07) is 21.6. The van der Waals surface area contributed by atoms with Crippen molar-refractivity contribution in [3.05, 3.63) is 94.0 Å². The summed E-state index contributed by atoms with van der Waals surface area (Å²) in [5.74, 6) is -0.331. The molecular weight excluding hydrogens is 488 g/mol. The Labute approximate surface area is 197 Å². The first-order valence-corrected chi connectivity index (χ1v) is 12.8. The Morgan fingerprint density at radius 3 is 2.56 bits per heavy atom. The predicted molar refractivity (Wildman–Crippen MR) is 130 cm³/mol. The maximum Gasteiger partial charge on any atom is 0.264 e. The van der Waals surface area contributed by atoms with Gasteiger partial charge in [0.2, 0.25) is 5.91 Å². The molecule has 32 heavy (non-hydrogen) atoms. The van der Waals surface area contributed by atoms with Crippen LogP contribution in [0.15, 0.2) is 82.2 Å². The minimum Gasteiger partial charge on any atom is -0.348 e. The Kier molecular flexibility index (Phi) is 6.67. The number of hydrogen-bond acceptors (Lipinski definition) is 3. The second kappa shape index (κ2) is 9.46. The normalized spacial score (nSPS) is 15.6. The van der Waals surface area contributed by atoms with E-state index in [1.54, 1.807) is 42.5 Å². The lowest BCUT2D eigenvalue weighted by Gasteiger charge is -2.29. The second-order valence-corrected chi connectivity index (χ2v) is 10.8. The maximum absolute atomic E-state index is 13.5. The molecule has 166 valence electrons. The summed E-state index contributed by atoms with van der Waals surface area (Å²) in [5, 5.41) is 3.07. The summed E-state index contributed by atoms with van der Waals surface area (Å²) in [5.41, 5.74) is 3.74. The number of rotatable bonds is 6. The molecule has 1 amide bonds. The second-order valence-electron chi connectivity index (χ2n) is 8.02. The summed E-state index contributed by atoms with van der Waals surface area (Å²) >= 11 is 3.40. The minimum atomic E-state index is -3.93. The molecule has 1 aliphatic rings. The molecule has 0 aromatic heterocycles. The molecule has 3 aromatic rings. The maximum atomic E-state index is 13.5. The largest absolute Gasteiger partial charge is 0.348 e. The molecule has 1 aliphatic carbocycles. The summed E-state index contributed by atoms with van der Waals surface area (Å²) in [4.78, 5) is 13.2. The first-order chi connectivity index (χ1) is 15.3. The van der Waals surface area contributed by atoms with E-state index in [1.807, 2.05) is 31.2 Å². The van der Waals surface area contributed by atoms with E-state index >= 15 is 0 Å². The highest BCUT2D eigenvalue weighted by Gasteiger charge is 2.29. The number of nitrogens with zero attached hydrogens (tertiary/aromatic N) is 1. The third kappa shape index (κ3) is 4.89. The van der Waals surface area contributed by atoms with Crippen LogP contribution in [-0.4, -0.2) is 20.9 Å². The molecule has 4 rings (SSSR count). The van der Waals surface area contributed by atoms with Crippen LogP contribution in [0.3, 0.4) is 0 Å². The third-order valence-electron chi connectivity index (χ3n) is 5.70. The van der Waals surface area contributed by atoms with Gasteiger partial charge in [0.1, 0.15) is 6.54 Å². The number of halogens is 1. The van der Waals surface area contributed by atoms with E-state index in [1.165, 1.54) is 9.87 Å². The lowest BCUT2D eigenvalue weighted by atomic mass is 9.88. The Hall–Kier alpha value is -2.64. The first kappa shape index (κ1) is 22.6. The number of nitrogens with one attached hydrogen (secondary N) is 1. The molecule has 5 nitrogen and oxygen atoms in total. The van der Waals surface area contributed by atoms with Crippen molar-refractivity contribution in [2.24, 2.45) is 0 Å². The fraction of sp³-hybridized carbons (Fsp3) is 0.240. The van der Waals surface area contributed by atoms with Crippen LogP contribution in [0, 0.1) is 6.92 Å². The molecule has 0 heterocycles. The summed E-state index contributed by atoms with van der Waals surface area (Å²) in [6.45, 7) is 1.60. The molecule has 1 unspecified atom stereocenters. The zero-order chi connectivity index (χ0) is 22.7. The van der Waals surface area contributed by atoms with Gasteiger partial charge < -0.3 is 5.32 Å². The van der Waals surface area contributed by atoms with Gasteiger partial charge in [-0.15, -0.1) is 0 Å². The molecule has 1 N–H and O–H groups in total. The van der Waals surface area contributed by atoms with Gasteiger partial charge in [0.15, 0.2) is 0 Å². The average molecular weight is 513 g/mol. The molecule has 7 heteroatoms. The van der Waals surface area contributed by atoms with Crippen LogP contribution < -0.4 is 9.62 Å². The fourth-order valence-corrected chi connectivity index (χ4v) is 5.86. The molecule has 3 aromatic carbocycles. The van der Waals surface area contributed by atoms with Gasteiger partial charge in [-0.2, -0.15) is 0 Å². The van der Waals surface area contributed by atoms with E-state index < -0.39 is 10.0 Å². The number of fused-ring (bicyclic) bond motifs is 1. The van der Waals surface area contributed by atoms with Gasteiger partial charge in [0, 0.05) is 4.47 Å². The number of anilines is 1. The number of sulfonamides is 1. The van der Waals surface area contributed by atoms with E-state index in [0.717, 1.165) is 34.9 Å². The van der Waals surface area contributed by atoms with Crippen molar-refractivity contribution < 1.29 is 13.2 Å². The van der Waals surface area contributed by atoms with Crippen LogP contribution >= 0.6 is 15.9 Å². The molecule has 0 spiro atoms. The van der Waals surface area contributed by atoms with E-state index in [2.05, 4.69) is 27.3 Å². The highest BCUT2D eigenvalue weighted by atomic mass is 79.9. The summed E-state index contributed by atoms with van der Waals surface area (Å²) in [6.07, 6.45) is 2.82. The molecule has 0 radical (unpaired) electrons. The van der Waals surface area contributed by atoms with Crippen molar-refractivity contribution in [3.8, 4) is 0 Å². The Morgan fingerprint density at radius 2 is 1.81 bits per heavy atom. The highest BCUT2D eigenvalue weighted by Crippen LogP contribution is 2.30. The van der Waals surface area contributed by atoms with E-state index in [0.29, 0.717) is 5.69 Å². The number of carbonyl (C=O) groups is 1. The van der Waals surface area contributed by atoms with Crippen molar-refractivity contribution in [2.45, 2.75) is 37.1 Å². The van der Waals surface area contributed by atoms with Gasteiger partial charge >= 0.3 is 0 Å². The molecule has 0 saturated heterocycles. The van der Waals surface area contributed by atoms with Crippen LogP contribution in [0.2, 0.25) is 0 Å². The summed E-state index contributed by atoms with van der Waals surface area (Å²) < 4.78 is 28.9. The minimum absolute atomic E-state index is 0.112. The first-order valence-electron chi connectivity index (χ1n) is 10.6. The van der Waals surface area contributed by atoms with Gasteiger partial charge in [-0.25, -0.2) is 8.42 Å². The van der Waals surface area contributed by atoms with Crippen LogP contribution in [0.25, 0.3) is 0 Å². The van der Waals surface area contributed by atoms with Gasteiger partial charge in [-0.3, -0.25) is 9.10 Å². The van der Waals surface area contributed by atoms with Crippen molar-refractivity contribution in [3.63, 3.8) is 0 Å². The zero-order valence-corrected chi connectivity index (χ0v) is 20.2. The van der Waals surface area contributed by atoms with Crippen LogP contribution in [0.5, 0.6) is 0 Å². The molecule has 0 saturated carbocycles. The van der Waals surface area contributed by atoms with Crippen LogP contribution in [0.4, 0.5) is 5.69 Å². The molecular formula is C25H25BrN2O3S. The topological polar surface area (TPSA) is 66.5 Å². The Bertz CT molecular complexity index is 1230. The third-order valence-corrected chi connectivity index (χ3v) is 7.98. The predicted octanol–water partition coefficient (Wildman–Crippen LogP) is 5.15. The van der Waals surface area contributed by atoms with Crippen molar-refractivity contribution in [2.75, 3.05) is 10.8 Å². The monoisotopic (exact) mass is 512 g/mol. The van der Waals surface area contributed by atoms with E-state index in [9.17, 15) is 13.2 Å². The molecule has 0 fully saturated rings. The van der Waals surface area contributed by atoms with E-state index in [-0.39, 0.29) is 23.4 Å². The van der Waals surface area contributed by atoms with Crippen LogP contribution in [0.1, 0.15) is 35.6 Å². The number of amides is 1. The van der Waals surface area contributed by atoms with Crippen molar-refractivity contribution >= 4 is 37.5 Å². The van der Waals surface area contributed by atoms with Gasteiger partial charge in [-0.05, 0) is 67.6 Å². The van der Waals surface area contributed by atoms with E-state index in [4.69, 9.17) is 0 Å². The SMILES string of the molecule is Cc1ccc(S(=O)(=O)N(CC(=O)NC2CCCc3ccccc32)c2cccc(Br)c2)cc1. The average Bonchev–Trinajstić information content (AvgIpc) is 2.78. The lowest BCUT2D eigenvalue weighted by molar-refractivity contribution is -0.120. The molecule has 1 atom stereocenters. The smallest absolute Gasteiger partial charge is 0.264 e. The lowest BCUT2D eigenvalue weighted by Crippen LogP contribution is -2.42. The van der Waals surface area contributed by atoms with Crippen LogP contribution in [-0.2, 0) is 21.2 Å². The quantitative estimate of drug-likeness (QED) is 0.496. The summed E-state index contributed by atoms with van der Waals surface area (Å²) in [7, 11) is -3.93. The fourth-order valence-electron chi connectivity index (χ4n) is 4.06. The van der Waals surface area contributed by atoms with Gasteiger partial charge in [-0.1, -0.05) is 64.0 Å². The van der Waals surface area contributed by atoms with Gasteiger partial charge in [0.25, 0.3) is 10.0 Å². The Morgan fingerprint density at radius 1 is 1.06 bits per heavy atom. The van der Waals surface area contributed by atoms with Gasteiger partial charge in [0.05, 0.1) is 16.6 Å². The standard InChI is InChI=1S/C25H25BrN2O3S/c1-18-12-14-22(15-13-18)32(30,31)28(21-9-5-8-20(26)16-21)17-25(29)27-24-11-4-7-19-6-2-3-10-23(19)24/h2-3,5-6,8-10,12-16,24H,4,7,11,17H2,1H3,(H,27,29).